The molecule has 30 heavy (non-hydrogen) atoms. The zero-order valence-electron chi connectivity index (χ0n) is 16.6. The van der Waals surface area contributed by atoms with Gasteiger partial charge in [-0.15, -0.1) is 0 Å². The zero-order chi connectivity index (χ0) is 21.1. The summed E-state index contributed by atoms with van der Waals surface area (Å²) in [5.41, 5.74) is 2.22. The van der Waals surface area contributed by atoms with Gasteiger partial charge in [0, 0.05) is 30.7 Å². The third kappa shape index (κ3) is 3.66. The van der Waals surface area contributed by atoms with Gasteiger partial charge in [0.1, 0.15) is 11.5 Å². The molecule has 0 bridgehead atoms. The number of nitrogens with zero attached hydrogens (tertiary/aromatic N) is 3. The lowest BCUT2D eigenvalue weighted by Gasteiger charge is -2.19. The van der Waals surface area contributed by atoms with Gasteiger partial charge in [0.05, 0.1) is 18.0 Å². The van der Waals surface area contributed by atoms with Crippen LogP contribution in [0.3, 0.4) is 0 Å². The lowest BCUT2D eigenvalue weighted by molar-refractivity contribution is -0.0760. The second kappa shape index (κ2) is 8.18. The van der Waals surface area contributed by atoms with Gasteiger partial charge in [-0.3, -0.25) is 24.0 Å². The van der Waals surface area contributed by atoms with Crippen molar-refractivity contribution >= 4 is 28.3 Å². The number of anilines is 2. The monoisotopic (exact) mass is 400 g/mol. The summed E-state index contributed by atoms with van der Waals surface area (Å²) in [7, 11) is 2.91. The Morgan fingerprint density at radius 2 is 1.70 bits per heavy atom. The van der Waals surface area contributed by atoms with Crippen molar-refractivity contribution in [1.82, 2.24) is 14.6 Å². The number of carbonyl (C=O) groups is 1. The fourth-order valence-corrected chi connectivity index (χ4v) is 3.19. The summed E-state index contributed by atoms with van der Waals surface area (Å²) in [4.78, 5) is 34.6. The first-order chi connectivity index (χ1) is 14.6. The highest BCUT2D eigenvalue weighted by Crippen LogP contribution is 2.25. The number of benzene rings is 2. The maximum absolute atomic E-state index is 12.8. The first-order valence-corrected chi connectivity index (χ1v) is 9.34. The molecule has 7 heteroatoms. The fourth-order valence-electron chi connectivity index (χ4n) is 3.19. The topological polar surface area (TPSA) is 76.5 Å². The fraction of sp³-hybridized carbons (Fsp3) is 0.0870. The molecule has 1 N–H and O–H groups in total. The SMILES string of the molecule is CON(C)C(=O)c1cc2c(cn1)c(=O)cc(Nc1ccccc1)n2-c1ccccc1. The van der Waals surface area contributed by atoms with Gasteiger partial charge in [-0.2, -0.15) is 0 Å². The Morgan fingerprint density at radius 3 is 2.37 bits per heavy atom. The number of aromatic nitrogens is 2. The molecule has 2 heterocycles. The van der Waals surface area contributed by atoms with E-state index >= 15 is 0 Å². The van der Waals surface area contributed by atoms with Gasteiger partial charge in [0.15, 0.2) is 5.43 Å². The molecule has 1 amide bonds. The van der Waals surface area contributed by atoms with Crippen molar-refractivity contribution in [2.75, 3.05) is 19.5 Å². The molecule has 2 aromatic carbocycles. The number of amides is 1. The van der Waals surface area contributed by atoms with Crippen molar-refractivity contribution in [1.29, 1.82) is 0 Å². The number of carbonyl (C=O) groups excluding carboxylic acids is 1. The van der Waals surface area contributed by atoms with Crippen LogP contribution in [-0.4, -0.2) is 34.7 Å². The molecule has 0 aliphatic carbocycles. The summed E-state index contributed by atoms with van der Waals surface area (Å²) >= 11 is 0. The standard InChI is InChI=1S/C23H20N4O3/c1-26(30-2)23(29)19-13-20-18(15-24-19)21(28)14-22(25-16-9-5-3-6-10-16)27(20)17-11-7-4-8-12-17/h3-15,25H,1-2H3. The Bertz CT molecular complexity index is 1250. The van der Waals surface area contributed by atoms with Crippen molar-refractivity contribution in [3.8, 4) is 5.69 Å². The molecule has 4 aromatic rings. The van der Waals surface area contributed by atoms with Crippen LogP contribution in [-0.2, 0) is 4.84 Å². The minimum atomic E-state index is -0.409. The summed E-state index contributed by atoms with van der Waals surface area (Å²) in [5, 5.41) is 4.81. The van der Waals surface area contributed by atoms with Crippen molar-refractivity contribution in [2.24, 2.45) is 0 Å². The van der Waals surface area contributed by atoms with Crippen molar-refractivity contribution < 1.29 is 9.63 Å². The lowest BCUT2D eigenvalue weighted by atomic mass is 10.2. The predicted molar refractivity (Wildman–Crippen MR) is 116 cm³/mol. The highest BCUT2D eigenvalue weighted by Gasteiger charge is 2.17. The van der Waals surface area contributed by atoms with Gasteiger partial charge in [0.25, 0.3) is 5.91 Å². The lowest BCUT2D eigenvalue weighted by Crippen LogP contribution is -2.26. The van der Waals surface area contributed by atoms with Crippen LogP contribution in [0.4, 0.5) is 11.5 Å². The number of para-hydroxylation sites is 2. The Labute approximate surface area is 173 Å². The number of nitrogens with one attached hydrogen (secondary N) is 1. The third-order valence-corrected chi connectivity index (χ3v) is 4.74. The van der Waals surface area contributed by atoms with Crippen LogP contribution < -0.4 is 10.7 Å². The smallest absolute Gasteiger partial charge is 0.295 e. The van der Waals surface area contributed by atoms with E-state index in [2.05, 4.69) is 10.3 Å². The van der Waals surface area contributed by atoms with Crippen LogP contribution in [0, 0.1) is 0 Å². The average Bonchev–Trinajstić information content (AvgIpc) is 2.79. The van der Waals surface area contributed by atoms with Crippen molar-refractivity contribution in [2.45, 2.75) is 0 Å². The first kappa shape index (κ1) is 19.4. The van der Waals surface area contributed by atoms with Crippen LogP contribution in [0.2, 0.25) is 0 Å². The maximum atomic E-state index is 12.8. The number of hydrogen-bond donors (Lipinski definition) is 1. The van der Waals surface area contributed by atoms with Gasteiger partial charge in [0.2, 0.25) is 0 Å². The molecule has 0 unspecified atom stereocenters. The van der Waals surface area contributed by atoms with E-state index in [1.807, 2.05) is 65.2 Å². The van der Waals surface area contributed by atoms with E-state index in [0.717, 1.165) is 16.4 Å². The largest absolute Gasteiger partial charge is 0.341 e. The van der Waals surface area contributed by atoms with Crippen LogP contribution >= 0.6 is 0 Å². The Morgan fingerprint density at radius 1 is 1.03 bits per heavy atom. The minimum absolute atomic E-state index is 0.174. The molecule has 0 fully saturated rings. The van der Waals surface area contributed by atoms with Crippen LogP contribution in [0.1, 0.15) is 10.5 Å². The maximum Gasteiger partial charge on any atom is 0.295 e. The normalized spacial score (nSPS) is 10.7. The molecular weight excluding hydrogens is 380 g/mol. The summed E-state index contributed by atoms with van der Waals surface area (Å²) in [6.07, 6.45) is 1.43. The average molecular weight is 400 g/mol. The molecule has 0 saturated heterocycles. The molecule has 0 saturated carbocycles. The third-order valence-electron chi connectivity index (χ3n) is 4.74. The van der Waals surface area contributed by atoms with E-state index in [1.165, 1.54) is 26.4 Å². The van der Waals surface area contributed by atoms with Gasteiger partial charge in [-0.05, 0) is 30.3 Å². The molecular formula is C23H20N4O3. The number of fused-ring (bicyclic) bond motifs is 1. The second-order valence-corrected chi connectivity index (χ2v) is 6.63. The van der Waals surface area contributed by atoms with E-state index in [1.54, 1.807) is 6.07 Å². The van der Waals surface area contributed by atoms with Gasteiger partial charge in [-0.25, -0.2) is 5.06 Å². The highest BCUT2D eigenvalue weighted by atomic mass is 16.7. The van der Waals surface area contributed by atoms with Crippen molar-refractivity contribution in [3.63, 3.8) is 0 Å². The molecule has 7 nitrogen and oxygen atoms in total. The Hall–Kier alpha value is -3.97. The number of hydroxylamine groups is 2. The van der Waals surface area contributed by atoms with E-state index in [9.17, 15) is 9.59 Å². The molecule has 0 aliphatic rings. The van der Waals surface area contributed by atoms with E-state index in [-0.39, 0.29) is 11.1 Å². The summed E-state index contributed by atoms with van der Waals surface area (Å²) in [6.45, 7) is 0. The zero-order valence-corrected chi connectivity index (χ0v) is 16.6. The molecule has 0 radical (unpaired) electrons. The van der Waals surface area contributed by atoms with Gasteiger partial charge in [-0.1, -0.05) is 36.4 Å². The Balaban J connectivity index is 1.98. The molecule has 0 aliphatic heterocycles. The summed E-state index contributed by atoms with van der Waals surface area (Å²) in [6, 6.07) is 22.3. The quantitative estimate of drug-likeness (QED) is 0.516. The number of hydrogen-bond acceptors (Lipinski definition) is 5. The van der Waals surface area contributed by atoms with Crippen LogP contribution in [0.25, 0.3) is 16.6 Å². The predicted octanol–water partition coefficient (Wildman–Crippen LogP) is 3.76. The molecule has 2 aromatic heterocycles. The van der Waals surface area contributed by atoms with Gasteiger partial charge >= 0.3 is 0 Å². The van der Waals surface area contributed by atoms with Crippen LogP contribution in [0.15, 0.2) is 83.8 Å². The van der Waals surface area contributed by atoms with Crippen molar-refractivity contribution in [3.05, 3.63) is 94.9 Å². The van der Waals surface area contributed by atoms with Crippen LogP contribution in [0.5, 0.6) is 0 Å². The van der Waals surface area contributed by atoms with E-state index in [4.69, 9.17) is 4.84 Å². The Kier molecular flexibility index (Phi) is 5.28. The first-order valence-electron chi connectivity index (χ1n) is 9.34. The molecule has 0 atom stereocenters. The minimum Gasteiger partial charge on any atom is -0.341 e. The van der Waals surface area contributed by atoms with Gasteiger partial charge < -0.3 is 5.32 Å². The number of rotatable bonds is 5. The highest BCUT2D eigenvalue weighted by molar-refractivity contribution is 5.95. The summed E-state index contributed by atoms with van der Waals surface area (Å²) < 4.78 is 1.90. The van der Waals surface area contributed by atoms with E-state index < -0.39 is 5.91 Å². The summed E-state index contributed by atoms with van der Waals surface area (Å²) in [5.74, 6) is 0.169. The van der Waals surface area contributed by atoms with E-state index in [0.29, 0.717) is 16.7 Å². The molecule has 0 spiro atoms. The molecule has 150 valence electrons. The number of pyridine rings is 2. The second-order valence-electron chi connectivity index (χ2n) is 6.63. The molecule has 4 rings (SSSR count).